The molecule has 32 heavy (non-hydrogen) atoms. The second kappa shape index (κ2) is 10.4. The van der Waals surface area contributed by atoms with Gasteiger partial charge in [-0.25, -0.2) is 13.4 Å². The number of carbonyl (C=O) groups excluding carboxylic acids is 1. The van der Waals surface area contributed by atoms with Crippen molar-refractivity contribution in [1.82, 2.24) is 19.2 Å². The average Bonchev–Trinajstić information content (AvgIpc) is 3.16. The molecule has 0 spiro atoms. The molecule has 0 radical (unpaired) electrons. The number of benzene rings is 2. The lowest BCUT2D eigenvalue weighted by Gasteiger charge is -2.18. The SMILES string of the molecule is CCNC(=O)CSc1nc2cc(S(=O)(=O)N(CC)CC)ccc2n1-c1ccc(OC)cc1. The van der Waals surface area contributed by atoms with Crippen molar-refractivity contribution in [2.75, 3.05) is 32.5 Å². The van der Waals surface area contributed by atoms with Gasteiger partial charge in [-0.2, -0.15) is 4.31 Å². The van der Waals surface area contributed by atoms with Crippen molar-refractivity contribution >= 4 is 38.7 Å². The molecule has 2 aromatic carbocycles. The molecule has 172 valence electrons. The Morgan fingerprint density at radius 2 is 1.81 bits per heavy atom. The van der Waals surface area contributed by atoms with Gasteiger partial charge in [-0.3, -0.25) is 9.36 Å². The lowest BCUT2D eigenvalue weighted by atomic mass is 10.2. The van der Waals surface area contributed by atoms with Crippen LogP contribution in [0.1, 0.15) is 20.8 Å². The predicted octanol–water partition coefficient (Wildman–Crippen LogP) is 3.29. The molecule has 0 saturated heterocycles. The number of methoxy groups -OCH3 is 1. The first kappa shape index (κ1) is 24.1. The third-order valence-corrected chi connectivity index (χ3v) is 7.96. The predicted molar refractivity (Wildman–Crippen MR) is 127 cm³/mol. The van der Waals surface area contributed by atoms with E-state index in [4.69, 9.17) is 4.74 Å². The number of hydrogen-bond donors (Lipinski definition) is 1. The number of nitrogens with zero attached hydrogens (tertiary/aromatic N) is 3. The van der Waals surface area contributed by atoms with Crippen LogP contribution in [0.3, 0.4) is 0 Å². The molecule has 0 aliphatic heterocycles. The highest BCUT2D eigenvalue weighted by molar-refractivity contribution is 7.99. The fourth-order valence-electron chi connectivity index (χ4n) is 3.37. The molecule has 8 nitrogen and oxygen atoms in total. The number of carbonyl (C=O) groups is 1. The molecule has 0 bridgehead atoms. The summed E-state index contributed by atoms with van der Waals surface area (Å²) in [5.74, 6) is 0.843. The number of sulfonamides is 1. The van der Waals surface area contributed by atoms with Gasteiger partial charge in [0, 0.05) is 25.3 Å². The first-order chi connectivity index (χ1) is 15.3. The molecular weight excluding hydrogens is 448 g/mol. The molecule has 3 aromatic rings. The molecule has 0 aliphatic carbocycles. The Balaban J connectivity index is 2.10. The average molecular weight is 477 g/mol. The van der Waals surface area contributed by atoms with Crippen LogP contribution in [0.2, 0.25) is 0 Å². The van der Waals surface area contributed by atoms with E-state index in [0.717, 1.165) is 17.0 Å². The molecule has 0 atom stereocenters. The fourth-order valence-corrected chi connectivity index (χ4v) is 5.70. The summed E-state index contributed by atoms with van der Waals surface area (Å²) in [5, 5.41) is 3.39. The summed E-state index contributed by atoms with van der Waals surface area (Å²) < 4.78 is 34.5. The zero-order valence-corrected chi connectivity index (χ0v) is 20.3. The molecule has 1 heterocycles. The molecule has 3 rings (SSSR count). The zero-order valence-electron chi connectivity index (χ0n) is 18.7. The minimum atomic E-state index is -3.61. The summed E-state index contributed by atoms with van der Waals surface area (Å²) in [6.07, 6.45) is 0. The minimum absolute atomic E-state index is 0.0874. The van der Waals surface area contributed by atoms with Crippen molar-refractivity contribution in [3.63, 3.8) is 0 Å². The van der Waals surface area contributed by atoms with Crippen molar-refractivity contribution in [2.45, 2.75) is 30.8 Å². The van der Waals surface area contributed by atoms with E-state index < -0.39 is 10.0 Å². The van der Waals surface area contributed by atoms with Gasteiger partial charge in [-0.05, 0) is 49.4 Å². The molecular formula is C22H28N4O4S2. The van der Waals surface area contributed by atoms with Crippen LogP contribution in [0, 0.1) is 0 Å². The van der Waals surface area contributed by atoms with Gasteiger partial charge in [0.1, 0.15) is 5.75 Å². The molecule has 0 saturated carbocycles. The molecule has 10 heteroatoms. The van der Waals surface area contributed by atoms with E-state index in [9.17, 15) is 13.2 Å². The van der Waals surface area contributed by atoms with E-state index in [0.29, 0.717) is 30.3 Å². The Morgan fingerprint density at radius 3 is 2.41 bits per heavy atom. The highest BCUT2D eigenvalue weighted by atomic mass is 32.2. The molecule has 0 aliphatic rings. The summed E-state index contributed by atoms with van der Waals surface area (Å²) in [6, 6.07) is 12.5. The van der Waals surface area contributed by atoms with Crippen molar-refractivity contribution in [3.05, 3.63) is 42.5 Å². The standard InChI is InChI=1S/C22H28N4O4S2/c1-5-23-21(27)15-31-22-24-19-14-18(32(28,29)25(6-2)7-3)12-13-20(19)26(22)16-8-10-17(30-4)11-9-16/h8-14H,5-7,15H2,1-4H3,(H,23,27). The van der Waals surface area contributed by atoms with Crippen LogP contribution < -0.4 is 10.1 Å². The van der Waals surface area contributed by atoms with Gasteiger partial charge in [-0.1, -0.05) is 25.6 Å². The Hall–Kier alpha value is -2.56. The van der Waals surface area contributed by atoms with Crippen LogP contribution in [0.4, 0.5) is 0 Å². The maximum Gasteiger partial charge on any atom is 0.243 e. The Bertz CT molecular complexity index is 1190. The lowest BCUT2D eigenvalue weighted by Crippen LogP contribution is -2.30. The normalized spacial score (nSPS) is 11.8. The number of thioether (sulfide) groups is 1. The van der Waals surface area contributed by atoms with Gasteiger partial charge < -0.3 is 10.1 Å². The number of hydrogen-bond acceptors (Lipinski definition) is 6. The van der Waals surface area contributed by atoms with Gasteiger partial charge in [0.25, 0.3) is 0 Å². The van der Waals surface area contributed by atoms with Crippen molar-refractivity contribution < 1.29 is 17.9 Å². The van der Waals surface area contributed by atoms with E-state index in [1.165, 1.54) is 16.1 Å². The van der Waals surface area contributed by atoms with Crippen molar-refractivity contribution in [1.29, 1.82) is 0 Å². The largest absolute Gasteiger partial charge is 0.497 e. The smallest absolute Gasteiger partial charge is 0.243 e. The number of aromatic nitrogens is 2. The highest BCUT2D eigenvalue weighted by Crippen LogP contribution is 2.31. The van der Waals surface area contributed by atoms with Gasteiger partial charge in [-0.15, -0.1) is 0 Å². The quantitative estimate of drug-likeness (QED) is 0.451. The summed E-state index contributed by atoms with van der Waals surface area (Å²) >= 11 is 1.30. The zero-order chi connectivity index (χ0) is 23.3. The first-order valence-electron chi connectivity index (χ1n) is 10.4. The number of fused-ring (bicyclic) bond motifs is 1. The van der Waals surface area contributed by atoms with E-state index in [1.807, 2.05) is 49.6 Å². The molecule has 0 unspecified atom stereocenters. The van der Waals surface area contributed by atoms with Gasteiger partial charge >= 0.3 is 0 Å². The van der Waals surface area contributed by atoms with Crippen LogP contribution >= 0.6 is 11.8 Å². The molecule has 1 amide bonds. The Morgan fingerprint density at radius 1 is 1.12 bits per heavy atom. The van der Waals surface area contributed by atoms with Gasteiger partial charge in [0.15, 0.2) is 5.16 Å². The topological polar surface area (TPSA) is 93.5 Å². The molecule has 1 aromatic heterocycles. The third kappa shape index (κ3) is 4.92. The summed E-state index contributed by atoms with van der Waals surface area (Å²) in [4.78, 5) is 16.9. The van der Waals surface area contributed by atoms with Crippen molar-refractivity contribution in [2.24, 2.45) is 0 Å². The lowest BCUT2D eigenvalue weighted by molar-refractivity contribution is -0.118. The van der Waals surface area contributed by atoms with Crippen molar-refractivity contribution in [3.8, 4) is 11.4 Å². The number of amides is 1. The monoisotopic (exact) mass is 476 g/mol. The third-order valence-electron chi connectivity index (χ3n) is 4.98. The first-order valence-corrected chi connectivity index (χ1v) is 12.8. The van der Waals surface area contributed by atoms with E-state index >= 15 is 0 Å². The van der Waals surface area contributed by atoms with Gasteiger partial charge in [0.05, 0.1) is 28.8 Å². The second-order valence-corrected chi connectivity index (χ2v) is 9.79. The Labute approximate surface area is 193 Å². The van der Waals surface area contributed by atoms with E-state index in [2.05, 4.69) is 10.3 Å². The van der Waals surface area contributed by atoms with Crippen LogP contribution in [0.15, 0.2) is 52.5 Å². The minimum Gasteiger partial charge on any atom is -0.497 e. The highest BCUT2D eigenvalue weighted by Gasteiger charge is 2.23. The fraction of sp³-hybridized carbons (Fsp3) is 0.364. The van der Waals surface area contributed by atoms with E-state index in [1.54, 1.807) is 25.3 Å². The number of ether oxygens (including phenoxy) is 1. The number of nitrogens with one attached hydrogen (secondary N) is 1. The molecule has 1 N–H and O–H groups in total. The van der Waals surface area contributed by atoms with Gasteiger partial charge in [0.2, 0.25) is 15.9 Å². The van der Waals surface area contributed by atoms with Crippen LogP contribution in [0.25, 0.3) is 16.7 Å². The maximum atomic E-state index is 13.0. The van der Waals surface area contributed by atoms with Crippen LogP contribution in [-0.2, 0) is 14.8 Å². The maximum absolute atomic E-state index is 13.0. The van der Waals surface area contributed by atoms with Crippen LogP contribution in [0.5, 0.6) is 5.75 Å². The summed E-state index contributed by atoms with van der Waals surface area (Å²) in [5.41, 5.74) is 2.14. The number of rotatable bonds is 10. The van der Waals surface area contributed by atoms with Crippen LogP contribution in [-0.4, -0.2) is 60.7 Å². The van der Waals surface area contributed by atoms with E-state index in [-0.39, 0.29) is 16.6 Å². The molecule has 0 fully saturated rings. The summed E-state index contributed by atoms with van der Waals surface area (Å²) in [7, 11) is -2.00. The number of imidazole rings is 1. The second-order valence-electron chi connectivity index (χ2n) is 6.91. The Kier molecular flexibility index (Phi) is 7.81. The summed E-state index contributed by atoms with van der Waals surface area (Å²) in [6.45, 7) is 6.84.